The highest BCUT2D eigenvalue weighted by Gasteiger charge is 2.29. The van der Waals surface area contributed by atoms with Crippen molar-refractivity contribution in [2.75, 3.05) is 0 Å². The minimum Gasteiger partial charge on any atom is -0.444 e. The molecule has 0 aromatic heterocycles. The molecule has 1 heterocycles. The smallest absolute Gasteiger partial charge is 0.300 e. The summed E-state index contributed by atoms with van der Waals surface area (Å²) >= 11 is 0. The van der Waals surface area contributed by atoms with Gasteiger partial charge in [-0.1, -0.05) is 18.2 Å². The molecule has 3 nitrogen and oxygen atoms in total. The molecule has 1 atom stereocenters. The summed E-state index contributed by atoms with van der Waals surface area (Å²) in [4.78, 5) is 11.1. The normalized spacial score (nSPS) is 17.5. The first-order valence-corrected chi connectivity index (χ1v) is 4.79. The van der Waals surface area contributed by atoms with Gasteiger partial charge in [0.1, 0.15) is 0 Å². The van der Waals surface area contributed by atoms with E-state index in [1.165, 1.54) is 6.92 Å². The molecule has 1 aromatic carbocycles. The van der Waals surface area contributed by atoms with Gasteiger partial charge in [-0.25, -0.2) is 0 Å². The molecule has 1 aliphatic rings. The molecular weight excluding hydrogens is 192 g/mol. The van der Waals surface area contributed by atoms with Crippen LogP contribution < -0.4 is 9.47 Å². The number of benzene rings is 1. The van der Waals surface area contributed by atoms with Gasteiger partial charge in [-0.2, -0.15) is 0 Å². The van der Waals surface area contributed by atoms with Crippen LogP contribution in [0.2, 0.25) is 0 Å². The van der Waals surface area contributed by atoms with Crippen LogP contribution in [0.4, 0.5) is 0 Å². The van der Waals surface area contributed by atoms with Crippen LogP contribution in [-0.4, -0.2) is 12.1 Å². The molecule has 3 heteroatoms. The molecule has 0 bridgehead atoms. The fourth-order valence-electron chi connectivity index (χ4n) is 1.52. The molecule has 0 N–H and O–H groups in total. The monoisotopic (exact) mass is 204 g/mol. The lowest BCUT2D eigenvalue weighted by molar-refractivity contribution is -0.132. The van der Waals surface area contributed by atoms with E-state index in [0.29, 0.717) is 17.9 Å². The molecule has 0 amide bonds. The summed E-state index contributed by atoms with van der Waals surface area (Å²) in [6.07, 6.45) is 1.71. The second kappa shape index (κ2) is 3.77. The summed E-state index contributed by atoms with van der Waals surface area (Å²) in [7, 11) is 0. The first kappa shape index (κ1) is 9.77. The van der Waals surface area contributed by atoms with Crippen molar-refractivity contribution in [3.63, 3.8) is 0 Å². The third-order valence-electron chi connectivity index (χ3n) is 2.22. The summed E-state index contributed by atoms with van der Waals surface area (Å²) in [5.41, 5.74) is 0.992. The molecule has 0 aliphatic carbocycles. The van der Waals surface area contributed by atoms with Gasteiger partial charge < -0.3 is 9.47 Å². The fraction of sp³-hybridized carbons (Fsp3) is 0.250. The third-order valence-corrected chi connectivity index (χ3v) is 2.22. The molecule has 0 fully saturated rings. The number of rotatable bonds is 3. The molecule has 15 heavy (non-hydrogen) atoms. The van der Waals surface area contributed by atoms with E-state index in [-0.39, 0.29) is 5.78 Å². The Hall–Kier alpha value is -1.77. The number of para-hydroxylation sites is 1. The van der Waals surface area contributed by atoms with Gasteiger partial charge in [0.05, 0.1) is 0 Å². The lowest BCUT2D eigenvalue weighted by atomic mass is 10.1. The predicted molar refractivity (Wildman–Crippen MR) is 56.1 cm³/mol. The summed E-state index contributed by atoms with van der Waals surface area (Å²) < 4.78 is 10.8. The van der Waals surface area contributed by atoms with Gasteiger partial charge >= 0.3 is 6.29 Å². The maximum Gasteiger partial charge on any atom is 0.300 e. The van der Waals surface area contributed by atoms with Gasteiger partial charge in [-0.15, -0.1) is 6.58 Å². The fourth-order valence-corrected chi connectivity index (χ4v) is 1.52. The first-order chi connectivity index (χ1) is 7.22. The molecule has 0 spiro atoms. The van der Waals surface area contributed by atoms with Gasteiger partial charge in [-0.3, -0.25) is 4.79 Å². The minimum atomic E-state index is -0.786. The van der Waals surface area contributed by atoms with E-state index in [2.05, 4.69) is 6.58 Å². The maximum absolute atomic E-state index is 11.1. The largest absolute Gasteiger partial charge is 0.444 e. The van der Waals surface area contributed by atoms with E-state index in [0.717, 1.165) is 5.56 Å². The van der Waals surface area contributed by atoms with Crippen LogP contribution in [0.25, 0.3) is 0 Å². The average molecular weight is 204 g/mol. The Morgan fingerprint density at radius 3 is 3.00 bits per heavy atom. The quantitative estimate of drug-likeness (QED) is 0.707. The van der Waals surface area contributed by atoms with E-state index in [9.17, 15) is 4.79 Å². The van der Waals surface area contributed by atoms with Crippen LogP contribution in [-0.2, 0) is 11.2 Å². The number of fused-ring (bicyclic) bond motifs is 1. The van der Waals surface area contributed by atoms with Crippen LogP contribution in [0.15, 0.2) is 30.9 Å². The van der Waals surface area contributed by atoms with E-state index in [4.69, 9.17) is 9.47 Å². The summed E-state index contributed by atoms with van der Waals surface area (Å²) in [6.45, 7) is 5.12. The SMILES string of the molecule is C=CCc1cccc2c1OC(C(C)=O)O2. The molecule has 1 aromatic rings. The van der Waals surface area contributed by atoms with Crippen LogP contribution in [0, 0.1) is 0 Å². The summed E-state index contributed by atoms with van der Waals surface area (Å²) in [6, 6.07) is 5.61. The molecule has 0 radical (unpaired) electrons. The lowest BCUT2D eigenvalue weighted by Crippen LogP contribution is -2.26. The van der Waals surface area contributed by atoms with E-state index < -0.39 is 6.29 Å². The maximum atomic E-state index is 11.1. The number of carbonyl (C=O) groups excluding carboxylic acids is 1. The highest BCUT2D eigenvalue weighted by atomic mass is 16.7. The van der Waals surface area contributed by atoms with E-state index in [1.54, 1.807) is 12.1 Å². The number of carbonyl (C=O) groups is 1. The number of ketones is 1. The van der Waals surface area contributed by atoms with Crippen molar-refractivity contribution in [2.45, 2.75) is 19.6 Å². The van der Waals surface area contributed by atoms with E-state index >= 15 is 0 Å². The summed E-state index contributed by atoms with van der Waals surface area (Å²) in [5, 5.41) is 0. The molecule has 78 valence electrons. The Bertz CT molecular complexity index is 409. The van der Waals surface area contributed by atoms with Crippen molar-refractivity contribution in [1.29, 1.82) is 0 Å². The molecule has 1 aliphatic heterocycles. The Labute approximate surface area is 88.3 Å². The zero-order valence-electron chi connectivity index (χ0n) is 8.53. The molecule has 2 rings (SSSR count). The van der Waals surface area contributed by atoms with Gasteiger partial charge in [0.2, 0.25) is 5.78 Å². The second-order valence-electron chi connectivity index (χ2n) is 3.42. The Balaban J connectivity index is 2.32. The number of allylic oxidation sites excluding steroid dienone is 1. The zero-order chi connectivity index (χ0) is 10.8. The third kappa shape index (κ3) is 1.73. The van der Waals surface area contributed by atoms with Crippen LogP contribution in [0.1, 0.15) is 12.5 Å². The van der Waals surface area contributed by atoms with Crippen molar-refractivity contribution in [1.82, 2.24) is 0 Å². The van der Waals surface area contributed by atoms with Gasteiger partial charge in [0, 0.05) is 12.5 Å². The number of hydrogen-bond acceptors (Lipinski definition) is 3. The van der Waals surface area contributed by atoms with Crippen LogP contribution in [0.3, 0.4) is 0 Å². The second-order valence-corrected chi connectivity index (χ2v) is 3.42. The van der Waals surface area contributed by atoms with Crippen molar-refractivity contribution >= 4 is 5.78 Å². The van der Waals surface area contributed by atoms with E-state index in [1.807, 2.05) is 12.1 Å². The van der Waals surface area contributed by atoms with Gasteiger partial charge in [-0.05, 0) is 12.5 Å². The average Bonchev–Trinajstić information content (AvgIpc) is 2.63. The number of ether oxygens (including phenoxy) is 2. The topological polar surface area (TPSA) is 35.5 Å². The lowest BCUT2D eigenvalue weighted by Gasteiger charge is -2.05. The highest BCUT2D eigenvalue weighted by Crippen LogP contribution is 2.38. The number of hydrogen-bond donors (Lipinski definition) is 0. The van der Waals surface area contributed by atoms with Crippen LogP contribution in [0.5, 0.6) is 11.5 Å². The van der Waals surface area contributed by atoms with Crippen molar-refractivity contribution < 1.29 is 14.3 Å². The summed E-state index contributed by atoms with van der Waals surface area (Å²) in [5.74, 6) is 1.17. The van der Waals surface area contributed by atoms with Gasteiger partial charge in [0.25, 0.3) is 0 Å². The standard InChI is InChI=1S/C12H12O3/c1-3-5-9-6-4-7-10-11(9)15-12(14-10)8(2)13/h3-4,6-7,12H,1,5H2,2H3. The first-order valence-electron chi connectivity index (χ1n) is 4.79. The Morgan fingerprint density at radius 2 is 2.33 bits per heavy atom. The zero-order valence-corrected chi connectivity index (χ0v) is 8.53. The highest BCUT2D eigenvalue weighted by molar-refractivity contribution is 5.81. The van der Waals surface area contributed by atoms with Crippen molar-refractivity contribution in [3.05, 3.63) is 36.4 Å². The predicted octanol–water partition coefficient (Wildman–Crippen LogP) is 2.10. The van der Waals surface area contributed by atoms with Crippen molar-refractivity contribution in [3.8, 4) is 11.5 Å². The van der Waals surface area contributed by atoms with Crippen LogP contribution >= 0.6 is 0 Å². The number of Topliss-reactive ketones (excluding diaryl/α,β-unsaturated/α-hetero) is 1. The van der Waals surface area contributed by atoms with Crippen molar-refractivity contribution in [2.24, 2.45) is 0 Å². The molecule has 0 saturated carbocycles. The minimum absolute atomic E-state index is 0.129. The Kier molecular flexibility index (Phi) is 2.46. The molecular formula is C12H12O3. The molecule has 0 saturated heterocycles. The molecule has 1 unspecified atom stereocenters. The van der Waals surface area contributed by atoms with Gasteiger partial charge in [0.15, 0.2) is 11.5 Å². The Morgan fingerprint density at radius 1 is 1.53 bits per heavy atom.